The van der Waals surface area contributed by atoms with Crippen LogP contribution >= 0.6 is 0 Å². The standard InChI is InChI=1S/C24H20N2O5/c1-15(23(27)29-3)21(19-9-5-17(13-25)6-10-19)31-22(16(2)24(28)30-4)20-11-7-18(14-26)8-12-20/h5-12,21-22H,1-2H2,3-4H3/t21-,22-/m0/s1. The summed E-state index contributed by atoms with van der Waals surface area (Å²) in [5, 5.41) is 18.1. The summed E-state index contributed by atoms with van der Waals surface area (Å²) < 4.78 is 15.7. The highest BCUT2D eigenvalue weighted by atomic mass is 16.5. The minimum absolute atomic E-state index is 0.0106. The van der Waals surface area contributed by atoms with E-state index < -0.39 is 24.1 Å². The molecule has 156 valence electrons. The highest BCUT2D eigenvalue weighted by Crippen LogP contribution is 2.36. The molecule has 31 heavy (non-hydrogen) atoms. The molecule has 0 unspecified atom stereocenters. The van der Waals surface area contributed by atoms with Crippen LogP contribution < -0.4 is 0 Å². The van der Waals surface area contributed by atoms with Gasteiger partial charge in [0.25, 0.3) is 0 Å². The fourth-order valence-corrected chi connectivity index (χ4v) is 2.80. The van der Waals surface area contributed by atoms with Gasteiger partial charge in [-0.15, -0.1) is 0 Å². The number of ether oxygens (including phenoxy) is 3. The smallest absolute Gasteiger partial charge is 0.336 e. The number of methoxy groups -OCH3 is 2. The summed E-state index contributed by atoms with van der Waals surface area (Å²) in [5.74, 6) is -1.40. The van der Waals surface area contributed by atoms with Crippen molar-refractivity contribution in [3.63, 3.8) is 0 Å². The van der Waals surface area contributed by atoms with E-state index in [2.05, 4.69) is 13.2 Å². The van der Waals surface area contributed by atoms with E-state index >= 15 is 0 Å². The van der Waals surface area contributed by atoms with Crippen molar-refractivity contribution in [2.75, 3.05) is 14.2 Å². The van der Waals surface area contributed by atoms with Crippen molar-refractivity contribution in [3.8, 4) is 12.1 Å². The predicted octanol–water partition coefficient (Wildman–Crippen LogP) is 3.69. The van der Waals surface area contributed by atoms with Crippen molar-refractivity contribution in [2.45, 2.75) is 12.2 Å². The molecule has 0 aromatic heterocycles. The number of carbonyl (C=O) groups is 2. The topological polar surface area (TPSA) is 109 Å². The summed E-state index contributed by atoms with van der Waals surface area (Å²) in [7, 11) is 2.43. The van der Waals surface area contributed by atoms with Gasteiger partial charge in [-0.25, -0.2) is 9.59 Å². The van der Waals surface area contributed by atoms with Crippen molar-refractivity contribution in [2.24, 2.45) is 0 Å². The van der Waals surface area contributed by atoms with Crippen LogP contribution in [0, 0.1) is 22.7 Å². The van der Waals surface area contributed by atoms with Crippen molar-refractivity contribution >= 4 is 11.9 Å². The van der Waals surface area contributed by atoms with Gasteiger partial charge >= 0.3 is 11.9 Å². The lowest BCUT2D eigenvalue weighted by Gasteiger charge is -2.27. The zero-order valence-corrected chi connectivity index (χ0v) is 17.1. The molecule has 0 aliphatic rings. The zero-order chi connectivity index (χ0) is 23.0. The first-order valence-electron chi connectivity index (χ1n) is 9.06. The van der Waals surface area contributed by atoms with E-state index in [1.54, 1.807) is 48.5 Å². The van der Waals surface area contributed by atoms with Gasteiger partial charge in [-0.1, -0.05) is 37.4 Å². The van der Waals surface area contributed by atoms with E-state index in [0.717, 1.165) is 0 Å². The highest BCUT2D eigenvalue weighted by molar-refractivity contribution is 5.90. The van der Waals surface area contributed by atoms with E-state index in [9.17, 15) is 9.59 Å². The predicted molar refractivity (Wildman–Crippen MR) is 111 cm³/mol. The number of hydrogen-bond donors (Lipinski definition) is 0. The molecule has 0 spiro atoms. The molecule has 0 N–H and O–H groups in total. The van der Waals surface area contributed by atoms with Gasteiger partial charge in [-0.05, 0) is 35.4 Å². The Morgan fingerprint density at radius 2 is 1.06 bits per heavy atom. The molecule has 0 aliphatic carbocycles. The van der Waals surface area contributed by atoms with Crippen LogP contribution in [0.1, 0.15) is 34.5 Å². The largest absolute Gasteiger partial charge is 0.466 e. The van der Waals surface area contributed by atoms with E-state index in [0.29, 0.717) is 22.3 Å². The molecule has 0 aliphatic heterocycles. The molecule has 0 saturated carbocycles. The first-order valence-corrected chi connectivity index (χ1v) is 9.06. The molecule has 7 nitrogen and oxygen atoms in total. The van der Waals surface area contributed by atoms with Crippen molar-refractivity contribution in [1.29, 1.82) is 10.5 Å². The summed E-state index contributed by atoms with van der Waals surface area (Å²) >= 11 is 0. The molecule has 7 heteroatoms. The molecule has 0 heterocycles. The average molecular weight is 416 g/mol. The van der Waals surface area contributed by atoms with Crippen LogP contribution in [-0.2, 0) is 23.8 Å². The molecule has 2 atom stereocenters. The Balaban J connectivity index is 2.53. The molecule has 2 rings (SSSR count). The fraction of sp³-hybridized carbons (Fsp3) is 0.167. The average Bonchev–Trinajstić information content (AvgIpc) is 2.83. The van der Waals surface area contributed by atoms with E-state index in [1.165, 1.54) is 14.2 Å². The third-order valence-corrected chi connectivity index (χ3v) is 4.49. The van der Waals surface area contributed by atoms with Crippen LogP contribution in [0.25, 0.3) is 0 Å². The minimum atomic E-state index is -1.01. The van der Waals surface area contributed by atoms with Gasteiger partial charge in [0.2, 0.25) is 0 Å². The number of nitriles is 2. The normalized spacial score (nSPS) is 11.9. The third kappa shape index (κ3) is 5.45. The maximum absolute atomic E-state index is 12.2. The number of carbonyl (C=O) groups excluding carboxylic acids is 2. The summed E-state index contributed by atoms with van der Waals surface area (Å²) in [5.41, 5.74) is 1.87. The van der Waals surface area contributed by atoms with Crippen LogP contribution in [0.2, 0.25) is 0 Å². The Morgan fingerprint density at radius 3 is 1.32 bits per heavy atom. The summed E-state index contributed by atoms with van der Waals surface area (Å²) in [4.78, 5) is 24.4. The van der Waals surface area contributed by atoms with Crippen LogP contribution in [0.5, 0.6) is 0 Å². The van der Waals surface area contributed by atoms with Gasteiger partial charge in [0.1, 0.15) is 12.2 Å². The maximum atomic E-state index is 12.2. The number of hydrogen-bond acceptors (Lipinski definition) is 7. The highest BCUT2D eigenvalue weighted by Gasteiger charge is 2.30. The van der Waals surface area contributed by atoms with E-state index in [4.69, 9.17) is 24.7 Å². The van der Waals surface area contributed by atoms with Crippen molar-refractivity contribution in [3.05, 3.63) is 95.1 Å². The molecular formula is C24H20N2O5. The van der Waals surface area contributed by atoms with Crippen molar-refractivity contribution in [1.82, 2.24) is 0 Å². The second-order valence-electron chi connectivity index (χ2n) is 6.40. The van der Waals surface area contributed by atoms with Crippen molar-refractivity contribution < 1.29 is 23.8 Å². The fourth-order valence-electron chi connectivity index (χ4n) is 2.80. The SMILES string of the molecule is C=C(C(=O)OC)[C@H](O[C@@H](C(=C)C(=O)OC)c1ccc(C#N)cc1)c1ccc(C#N)cc1. The lowest BCUT2D eigenvalue weighted by Crippen LogP contribution is -2.21. The van der Waals surface area contributed by atoms with Gasteiger partial charge in [0, 0.05) is 0 Å². The Kier molecular flexibility index (Phi) is 7.85. The Bertz CT molecular complexity index is 985. The Morgan fingerprint density at radius 1 is 0.742 bits per heavy atom. The number of rotatable bonds is 8. The molecule has 0 amide bonds. The van der Waals surface area contributed by atoms with Gasteiger partial charge in [-0.3, -0.25) is 0 Å². The number of nitrogens with zero attached hydrogens (tertiary/aromatic N) is 2. The Labute approximate surface area is 180 Å². The molecule has 0 radical (unpaired) electrons. The van der Waals surface area contributed by atoms with E-state index in [1.807, 2.05) is 12.1 Å². The summed E-state index contributed by atoms with van der Waals surface area (Å²) in [6.07, 6.45) is -2.02. The van der Waals surface area contributed by atoms with Crippen LogP contribution in [0.15, 0.2) is 72.8 Å². The molecular weight excluding hydrogens is 396 g/mol. The molecule has 0 fully saturated rings. The quantitative estimate of drug-likeness (QED) is 0.477. The second-order valence-corrected chi connectivity index (χ2v) is 6.40. The van der Waals surface area contributed by atoms with Gasteiger partial charge < -0.3 is 14.2 Å². The lowest BCUT2D eigenvalue weighted by molar-refractivity contribution is -0.139. The molecule has 0 bridgehead atoms. The van der Waals surface area contributed by atoms with Gasteiger partial charge in [0.15, 0.2) is 0 Å². The summed E-state index contributed by atoms with van der Waals surface area (Å²) in [6, 6.07) is 16.8. The minimum Gasteiger partial charge on any atom is -0.466 e. The van der Waals surface area contributed by atoms with Gasteiger partial charge in [-0.2, -0.15) is 10.5 Å². The Hall–Kier alpha value is -4.20. The molecule has 2 aromatic carbocycles. The monoisotopic (exact) mass is 416 g/mol. The van der Waals surface area contributed by atoms with Crippen LogP contribution in [-0.4, -0.2) is 26.2 Å². The van der Waals surface area contributed by atoms with E-state index in [-0.39, 0.29) is 11.1 Å². The van der Waals surface area contributed by atoms with Gasteiger partial charge in [0.05, 0.1) is 48.6 Å². The maximum Gasteiger partial charge on any atom is 0.336 e. The zero-order valence-electron chi connectivity index (χ0n) is 17.1. The molecule has 0 saturated heterocycles. The number of esters is 2. The number of benzene rings is 2. The molecule has 2 aromatic rings. The third-order valence-electron chi connectivity index (χ3n) is 4.49. The first kappa shape index (κ1) is 23.1. The first-order chi connectivity index (χ1) is 14.9. The van der Waals surface area contributed by atoms with Crippen LogP contribution in [0.4, 0.5) is 0 Å². The second kappa shape index (κ2) is 10.5. The lowest BCUT2D eigenvalue weighted by atomic mass is 9.98. The van der Waals surface area contributed by atoms with Crippen LogP contribution in [0.3, 0.4) is 0 Å². The summed E-state index contributed by atoms with van der Waals surface area (Å²) in [6.45, 7) is 7.58.